The molecule has 1 atom stereocenters. The van der Waals surface area contributed by atoms with Crippen molar-refractivity contribution < 1.29 is 13.9 Å². The molecule has 0 aliphatic heterocycles. The fourth-order valence-corrected chi connectivity index (χ4v) is 4.57. The molecule has 1 unspecified atom stereocenters. The first-order chi connectivity index (χ1) is 16.2. The van der Waals surface area contributed by atoms with Gasteiger partial charge in [-0.25, -0.2) is 4.79 Å². The molecule has 0 radical (unpaired) electrons. The zero-order chi connectivity index (χ0) is 24.2. The third kappa shape index (κ3) is 25.6. The van der Waals surface area contributed by atoms with Gasteiger partial charge < -0.3 is 4.74 Å². The predicted octanol–water partition coefficient (Wildman–Crippen LogP) is 10.4. The van der Waals surface area contributed by atoms with E-state index in [1.807, 2.05) is 0 Å². The molecular weight excluding hydrogens is 411 g/mol. The monoisotopic (exact) mass is 468 g/mol. The molecule has 0 aliphatic rings. The second-order valence-corrected chi connectivity index (χ2v) is 9.95. The van der Waals surface area contributed by atoms with Crippen LogP contribution in [0.2, 0.25) is 0 Å². The summed E-state index contributed by atoms with van der Waals surface area (Å²) in [5.74, 6) is -0.285. The van der Waals surface area contributed by atoms with Crippen LogP contribution < -0.4 is 0 Å². The zero-order valence-electron chi connectivity index (χ0n) is 22.2. The third-order valence-electron chi connectivity index (χ3n) is 6.74. The van der Waals surface area contributed by atoms with Gasteiger partial charge in [-0.15, -0.1) is 0 Å². The predicted molar refractivity (Wildman–Crippen MR) is 143 cm³/mol. The highest BCUT2D eigenvalue weighted by atomic mass is 19.1. The topological polar surface area (TPSA) is 26.3 Å². The molecule has 0 aromatic carbocycles. The molecule has 196 valence electrons. The Labute approximate surface area is 206 Å². The Balaban J connectivity index is 3.59. The smallest absolute Gasteiger partial charge is 0.330 e. The summed E-state index contributed by atoms with van der Waals surface area (Å²) >= 11 is 0. The van der Waals surface area contributed by atoms with Crippen molar-refractivity contribution in [2.45, 2.75) is 167 Å². The molecule has 0 saturated carbocycles. The van der Waals surface area contributed by atoms with Crippen LogP contribution in [0.5, 0.6) is 0 Å². The molecule has 0 amide bonds. The van der Waals surface area contributed by atoms with E-state index in [4.69, 9.17) is 4.74 Å². The summed E-state index contributed by atoms with van der Waals surface area (Å²) in [5.41, 5.74) is 0. The minimum Gasteiger partial charge on any atom is -0.459 e. The maximum Gasteiger partial charge on any atom is 0.330 e. The first-order valence-electron chi connectivity index (χ1n) is 14.6. The van der Waals surface area contributed by atoms with Gasteiger partial charge in [-0.3, -0.25) is 4.39 Å². The molecule has 0 aromatic rings. The van der Waals surface area contributed by atoms with Crippen molar-refractivity contribution >= 4 is 5.97 Å². The maximum atomic E-state index is 12.1. The molecule has 3 heteroatoms. The lowest BCUT2D eigenvalue weighted by Crippen LogP contribution is -2.16. The SMILES string of the molecule is C=CC(=O)OC(CCCCCCCCCF)CCCCCCCCCCCCCCCCC. The Kier molecular flexibility index (Phi) is 26.7. The van der Waals surface area contributed by atoms with Gasteiger partial charge in [-0.2, -0.15) is 0 Å². The third-order valence-corrected chi connectivity index (χ3v) is 6.74. The summed E-state index contributed by atoms with van der Waals surface area (Å²) in [6.07, 6.45) is 31.3. The molecule has 2 nitrogen and oxygen atoms in total. The number of esters is 1. The van der Waals surface area contributed by atoms with Gasteiger partial charge in [0, 0.05) is 6.08 Å². The number of halogens is 1. The quantitative estimate of drug-likeness (QED) is 0.0680. The summed E-state index contributed by atoms with van der Waals surface area (Å²) in [6.45, 7) is 5.63. The molecule has 0 spiro atoms. The van der Waals surface area contributed by atoms with E-state index in [0.717, 1.165) is 38.5 Å². The minimum absolute atomic E-state index is 0.0454. The van der Waals surface area contributed by atoms with Crippen molar-refractivity contribution in [3.05, 3.63) is 12.7 Å². The zero-order valence-corrected chi connectivity index (χ0v) is 22.2. The number of carbonyl (C=O) groups is 1. The molecule has 0 N–H and O–H groups in total. The molecule has 0 rings (SSSR count). The van der Waals surface area contributed by atoms with E-state index in [2.05, 4.69) is 13.5 Å². The number of carbonyl (C=O) groups excluding carboxylic acids is 1. The minimum atomic E-state index is -0.285. The van der Waals surface area contributed by atoms with E-state index in [1.165, 1.54) is 115 Å². The fourth-order valence-electron chi connectivity index (χ4n) is 4.57. The van der Waals surface area contributed by atoms with Crippen molar-refractivity contribution in [2.75, 3.05) is 6.67 Å². The molecule has 0 fully saturated rings. The first kappa shape index (κ1) is 32.1. The van der Waals surface area contributed by atoms with Gasteiger partial charge in [-0.1, -0.05) is 135 Å². The lowest BCUT2D eigenvalue weighted by atomic mass is 10.0. The fraction of sp³-hybridized carbons (Fsp3) is 0.900. The molecule has 0 aliphatic carbocycles. The Morgan fingerprint density at radius 3 is 1.30 bits per heavy atom. The van der Waals surface area contributed by atoms with E-state index in [-0.39, 0.29) is 18.7 Å². The van der Waals surface area contributed by atoms with Gasteiger partial charge in [-0.05, 0) is 32.1 Å². The second-order valence-electron chi connectivity index (χ2n) is 9.95. The van der Waals surface area contributed by atoms with Crippen LogP contribution in [-0.2, 0) is 9.53 Å². The van der Waals surface area contributed by atoms with Gasteiger partial charge in [0.25, 0.3) is 0 Å². The van der Waals surface area contributed by atoms with E-state index in [9.17, 15) is 9.18 Å². The van der Waals surface area contributed by atoms with Crippen LogP contribution in [0.15, 0.2) is 12.7 Å². The Hall–Kier alpha value is -0.860. The van der Waals surface area contributed by atoms with Crippen molar-refractivity contribution in [2.24, 2.45) is 0 Å². The summed E-state index contributed by atoms with van der Waals surface area (Å²) < 4.78 is 17.7. The normalized spacial score (nSPS) is 12.1. The standard InChI is InChI=1S/C30H57FO2/c1-3-5-6-7-8-9-10-11-12-13-14-15-17-20-23-26-29(33-30(32)4-2)27-24-21-18-16-19-22-25-28-31/h4,29H,2-3,5-28H2,1H3. The van der Waals surface area contributed by atoms with Gasteiger partial charge >= 0.3 is 5.97 Å². The lowest BCUT2D eigenvalue weighted by molar-refractivity contribution is -0.143. The summed E-state index contributed by atoms with van der Waals surface area (Å²) in [6, 6.07) is 0. The number of ether oxygens (including phenoxy) is 1. The molecule has 33 heavy (non-hydrogen) atoms. The summed E-state index contributed by atoms with van der Waals surface area (Å²) in [4.78, 5) is 11.6. The van der Waals surface area contributed by atoms with E-state index in [1.54, 1.807) is 0 Å². The van der Waals surface area contributed by atoms with Crippen LogP contribution in [0.25, 0.3) is 0 Å². The second kappa shape index (κ2) is 27.4. The van der Waals surface area contributed by atoms with Gasteiger partial charge in [0.2, 0.25) is 0 Å². The van der Waals surface area contributed by atoms with E-state index >= 15 is 0 Å². The van der Waals surface area contributed by atoms with Crippen LogP contribution in [0.4, 0.5) is 4.39 Å². The number of hydrogen-bond acceptors (Lipinski definition) is 2. The summed E-state index contributed by atoms with van der Waals surface area (Å²) in [7, 11) is 0. The Morgan fingerprint density at radius 1 is 0.636 bits per heavy atom. The van der Waals surface area contributed by atoms with Crippen LogP contribution in [0.1, 0.15) is 161 Å². The average molecular weight is 469 g/mol. The number of alkyl halides is 1. The van der Waals surface area contributed by atoms with Crippen molar-refractivity contribution in [1.82, 2.24) is 0 Å². The Bertz CT molecular complexity index is 410. The first-order valence-corrected chi connectivity index (χ1v) is 14.6. The molecule has 0 bridgehead atoms. The molecular formula is C30H57FO2. The largest absolute Gasteiger partial charge is 0.459 e. The van der Waals surface area contributed by atoms with Gasteiger partial charge in [0.05, 0.1) is 6.67 Å². The van der Waals surface area contributed by atoms with Crippen LogP contribution in [-0.4, -0.2) is 18.7 Å². The van der Waals surface area contributed by atoms with Crippen LogP contribution in [0, 0.1) is 0 Å². The van der Waals surface area contributed by atoms with Crippen LogP contribution >= 0.6 is 0 Å². The lowest BCUT2D eigenvalue weighted by Gasteiger charge is -2.17. The van der Waals surface area contributed by atoms with Crippen LogP contribution in [0.3, 0.4) is 0 Å². The highest BCUT2D eigenvalue weighted by Gasteiger charge is 2.12. The molecule has 0 heterocycles. The highest BCUT2D eigenvalue weighted by molar-refractivity contribution is 5.81. The molecule has 0 saturated heterocycles. The summed E-state index contributed by atoms with van der Waals surface area (Å²) in [5, 5.41) is 0. The Morgan fingerprint density at radius 2 is 0.970 bits per heavy atom. The van der Waals surface area contributed by atoms with E-state index in [0.29, 0.717) is 6.42 Å². The van der Waals surface area contributed by atoms with E-state index < -0.39 is 0 Å². The average Bonchev–Trinajstić information content (AvgIpc) is 2.82. The number of rotatable bonds is 27. The number of hydrogen-bond donors (Lipinski definition) is 0. The maximum absolute atomic E-state index is 12.1. The van der Waals surface area contributed by atoms with Crippen molar-refractivity contribution in [3.63, 3.8) is 0 Å². The van der Waals surface area contributed by atoms with Crippen molar-refractivity contribution in [1.29, 1.82) is 0 Å². The van der Waals surface area contributed by atoms with Crippen molar-refractivity contribution in [3.8, 4) is 0 Å². The highest BCUT2D eigenvalue weighted by Crippen LogP contribution is 2.18. The number of unbranched alkanes of at least 4 members (excludes halogenated alkanes) is 20. The molecule has 0 aromatic heterocycles. The van der Waals surface area contributed by atoms with Gasteiger partial charge in [0.15, 0.2) is 0 Å². The van der Waals surface area contributed by atoms with Gasteiger partial charge in [0.1, 0.15) is 6.10 Å².